The Morgan fingerprint density at radius 1 is 1.53 bits per heavy atom. The largest absolute Gasteiger partial charge is 0.380 e. The van der Waals surface area contributed by atoms with Crippen LogP contribution in [0, 0.1) is 5.82 Å². The van der Waals surface area contributed by atoms with Gasteiger partial charge in [0.15, 0.2) is 0 Å². The SMILES string of the molecule is CC1(NCc2ccc(Cl)cc2F)CCCOC1. The second kappa shape index (κ2) is 5.34. The molecule has 1 atom stereocenters. The molecule has 1 N–H and O–H groups in total. The van der Waals surface area contributed by atoms with Crippen molar-refractivity contribution in [1.82, 2.24) is 5.32 Å². The van der Waals surface area contributed by atoms with Crippen LogP contribution in [-0.2, 0) is 11.3 Å². The molecule has 0 aromatic heterocycles. The molecule has 1 unspecified atom stereocenters. The molecule has 1 aliphatic rings. The lowest BCUT2D eigenvalue weighted by Gasteiger charge is -2.34. The van der Waals surface area contributed by atoms with Crippen LogP contribution < -0.4 is 5.32 Å². The van der Waals surface area contributed by atoms with Crippen molar-refractivity contribution in [3.05, 3.63) is 34.6 Å². The van der Waals surface area contributed by atoms with E-state index in [0.717, 1.165) is 19.4 Å². The molecule has 1 fully saturated rings. The third-order valence-corrected chi connectivity index (χ3v) is 3.39. The minimum atomic E-state index is -0.259. The molecule has 0 spiro atoms. The highest BCUT2D eigenvalue weighted by Crippen LogP contribution is 2.20. The molecular formula is C13H17ClFNO. The van der Waals surface area contributed by atoms with E-state index in [1.165, 1.54) is 6.07 Å². The summed E-state index contributed by atoms with van der Waals surface area (Å²) in [6.45, 7) is 4.12. The van der Waals surface area contributed by atoms with E-state index in [9.17, 15) is 4.39 Å². The number of rotatable bonds is 3. The number of ether oxygens (including phenoxy) is 1. The minimum absolute atomic E-state index is 0.0513. The Kier molecular flexibility index (Phi) is 4.02. The zero-order valence-corrected chi connectivity index (χ0v) is 10.7. The fraction of sp³-hybridized carbons (Fsp3) is 0.538. The van der Waals surface area contributed by atoms with Gasteiger partial charge in [0.25, 0.3) is 0 Å². The zero-order valence-electron chi connectivity index (χ0n) is 9.93. The standard InChI is InChI=1S/C13H17ClFNO/c1-13(5-2-6-17-9-13)16-8-10-3-4-11(14)7-12(10)15/h3-4,7,16H,2,5-6,8-9H2,1H3. The predicted molar refractivity (Wildman–Crippen MR) is 66.7 cm³/mol. The van der Waals surface area contributed by atoms with Crippen molar-refractivity contribution in [2.24, 2.45) is 0 Å². The Balaban J connectivity index is 1.97. The van der Waals surface area contributed by atoms with Gasteiger partial charge in [0.05, 0.1) is 6.61 Å². The molecule has 0 amide bonds. The van der Waals surface area contributed by atoms with Gasteiger partial charge in [-0.25, -0.2) is 4.39 Å². The first-order chi connectivity index (χ1) is 8.09. The van der Waals surface area contributed by atoms with Crippen molar-refractivity contribution >= 4 is 11.6 Å². The molecule has 1 aromatic rings. The number of hydrogen-bond acceptors (Lipinski definition) is 2. The Morgan fingerprint density at radius 3 is 3.00 bits per heavy atom. The van der Waals surface area contributed by atoms with Crippen molar-refractivity contribution in [2.45, 2.75) is 31.8 Å². The first-order valence-electron chi connectivity index (χ1n) is 5.86. The summed E-state index contributed by atoms with van der Waals surface area (Å²) < 4.78 is 19.0. The monoisotopic (exact) mass is 257 g/mol. The lowest BCUT2D eigenvalue weighted by molar-refractivity contribution is 0.0276. The molecule has 0 radical (unpaired) electrons. The summed E-state index contributed by atoms with van der Waals surface area (Å²) in [5.74, 6) is -0.259. The molecule has 0 saturated carbocycles. The number of hydrogen-bond donors (Lipinski definition) is 1. The Morgan fingerprint density at radius 2 is 2.35 bits per heavy atom. The van der Waals surface area contributed by atoms with Crippen molar-refractivity contribution < 1.29 is 9.13 Å². The second-order valence-electron chi connectivity index (χ2n) is 4.81. The quantitative estimate of drug-likeness (QED) is 0.898. The summed E-state index contributed by atoms with van der Waals surface area (Å²) in [5, 5.41) is 3.80. The van der Waals surface area contributed by atoms with E-state index in [1.807, 2.05) is 0 Å². The molecule has 2 nitrogen and oxygen atoms in total. The predicted octanol–water partition coefficient (Wildman–Crippen LogP) is 3.14. The van der Waals surface area contributed by atoms with Crippen LogP contribution in [0.3, 0.4) is 0 Å². The van der Waals surface area contributed by atoms with Crippen LogP contribution in [0.1, 0.15) is 25.3 Å². The van der Waals surface area contributed by atoms with E-state index >= 15 is 0 Å². The van der Waals surface area contributed by atoms with Gasteiger partial charge in [-0.15, -0.1) is 0 Å². The highest BCUT2D eigenvalue weighted by molar-refractivity contribution is 6.30. The van der Waals surface area contributed by atoms with Crippen LogP contribution in [0.15, 0.2) is 18.2 Å². The highest BCUT2D eigenvalue weighted by atomic mass is 35.5. The summed E-state index contributed by atoms with van der Waals surface area (Å²) in [5.41, 5.74) is 0.589. The minimum Gasteiger partial charge on any atom is -0.380 e. The molecule has 17 heavy (non-hydrogen) atoms. The Hall–Kier alpha value is -0.640. The number of benzene rings is 1. The van der Waals surface area contributed by atoms with Crippen LogP contribution in [0.25, 0.3) is 0 Å². The van der Waals surface area contributed by atoms with Gasteiger partial charge in [0, 0.05) is 29.3 Å². The smallest absolute Gasteiger partial charge is 0.129 e. The molecule has 4 heteroatoms. The topological polar surface area (TPSA) is 21.3 Å². The molecule has 1 saturated heterocycles. The van der Waals surface area contributed by atoms with Crippen molar-refractivity contribution in [1.29, 1.82) is 0 Å². The molecule has 94 valence electrons. The van der Waals surface area contributed by atoms with Gasteiger partial charge in [-0.3, -0.25) is 0 Å². The first-order valence-corrected chi connectivity index (χ1v) is 6.24. The van der Waals surface area contributed by atoms with Crippen molar-refractivity contribution in [3.8, 4) is 0 Å². The molecule has 1 aromatic carbocycles. The average molecular weight is 258 g/mol. The normalized spacial score (nSPS) is 24.9. The van der Waals surface area contributed by atoms with E-state index in [4.69, 9.17) is 16.3 Å². The van der Waals surface area contributed by atoms with Gasteiger partial charge in [0.1, 0.15) is 5.82 Å². The summed E-state index contributed by atoms with van der Waals surface area (Å²) in [4.78, 5) is 0. The third kappa shape index (κ3) is 3.41. The molecule has 2 rings (SSSR count). The van der Waals surface area contributed by atoms with Crippen molar-refractivity contribution in [2.75, 3.05) is 13.2 Å². The zero-order chi connectivity index (χ0) is 12.3. The van der Waals surface area contributed by atoms with E-state index in [-0.39, 0.29) is 11.4 Å². The van der Waals surface area contributed by atoms with Gasteiger partial charge in [0.2, 0.25) is 0 Å². The maximum atomic E-state index is 13.6. The van der Waals surface area contributed by atoms with E-state index in [2.05, 4.69) is 12.2 Å². The third-order valence-electron chi connectivity index (χ3n) is 3.16. The second-order valence-corrected chi connectivity index (χ2v) is 5.24. The van der Waals surface area contributed by atoms with Gasteiger partial charge in [-0.05, 0) is 31.9 Å². The number of nitrogens with one attached hydrogen (secondary N) is 1. The fourth-order valence-electron chi connectivity index (χ4n) is 2.05. The maximum Gasteiger partial charge on any atom is 0.129 e. The molecule has 0 bridgehead atoms. The van der Waals surface area contributed by atoms with Gasteiger partial charge >= 0.3 is 0 Å². The van der Waals surface area contributed by atoms with Crippen LogP contribution in [0.5, 0.6) is 0 Å². The van der Waals surface area contributed by atoms with E-state index < -0.39 is 0 Å². The molecular weight excluding hydrogens is 241 g/mol. The molecule has 1 aliphatic heterocycles. The first kappa shape index (κ1) is 12.8. The molecule has 1 heterocycles. The Labute approximate surface area is 106 Å². The summed E-state index contributed by atoms with van der Waals surface area (Å²) in [6.07, 6.45) is 2.11. The van der Waals surface area contributed by atoms with Crippen LogP contribution in [0.2, 0.25) is 5.02 Å². The maximum absolute atomic E-state index is 13.6. The van der Waals surface area contributed by atoms with Crippen molar-refractivity contribution in [3.63, 3.8) is 0 Å². The summed E-state index contributed by atoms with van der Waals surface area (Å²) >= 11 is 5.71. The van der Waals surface area contributed by atoms with Gasteiger partial charge in [-0.2, -0.15) is 0 Å². The average Bonchev–Trinajstić information content (AvgIpc) is 2.29. The van der Waals surface area contributed by atoms with E-state index in [1.54, 1.807) is 12.1 Å². The lowest BCUT2D eigenvalue weighted by Crippen LogP contribution is -2.48. The van der Waals surface area contributed by atoms with Crippen LogP contribution >= 0.6 is 11.6 Å². The van der Waals surface area contributed by atoms with Crippen LogP contribution in [0.4, 0.5) is 4.39 Å². The van der Waals surface area contributed by atoms with Gasteiger partial charge in [-0.1, -0.05) is 17.7 Å². The lowest BCUT2D eigenvalue weighted by atomic mass is 9.94. The fourth-order valence-corrected chi connectivity index (χ4v) is 2.21. The number of halogens is 2. The Bertz CT molecular complexity index is 391. The summed E-state index contributed by atoms with van der Waals surface area (Å²) in [7, 11) is 0. The summed E-state index contributed by atoms with van der Waals surface area (Å²) in [6, 6.07) is 4.78. The highest BCUT2D eigenvalue weighted by Gasteiger charge is 2.26. The van der Waals surface area contributed by atoms with E-state index in [0.29, 0.717) is 23.7 Å². The van der Waals surface area contributed by atoms with Crippen LogP contribution in [-0.4, -0.2) is 18.8 Å². The molecule has 0 aliphatic carbocycles. The van der Waals surface area contributed by atoms with Gasteiger partial charge < -0.3 is 10.1 Å².